The number of Topliss-reactive ketones (excluding diaryl/α,β-unsaturated/α-hetero) is 2. The lowest BCUT2D eigenvalue weighted by Gasteiger charge is -2.18. The smallest absolute Gasteiger partial charge is 0.262 e. The Balaban J connectivity index is 2.33. The van der Waals surface area contributed by atoms with Crippen LogP contribution in [-0.4, -0.2) is 30.0 Å². The standard InChI is InChI=1S/C11H8ClNO4/c12-4-8(14)11(16)6-1-2-9-7(3-6)13-10(15)5-17-9/h1-3H,4-5H2,(H,13,15). The minimum absolute atomic E-state index is 0.0547. The lowest BCUT2D eigenvalue weighted by Crippen LogP contribution is -2.26. The lowest BCUT2D eigenvalue weighted by atomic mass is 10.1. The predicted molar refractivity (Wildman–Crippen MR) is 60.6 cm³/mol. The van der Waals surface area contributed by atoms with E-state index in [0.29, 0.717) is 11.4 Å². The summed E-state index contributed by atoms with van der Waals surface area (Å²) in [7, 11) is 0. The van der Waals surface area contributed by atoms with E-state index < -0.39 is 11.6 Å². The number of amides is 1. The molecule has 0 saturated heterocycles. The van der Waals surface area contributed by atoms with Gasteiger partial charge in [0, 0.05) is 5.56 Å². The number of carbonyl (C=O) groups is 3. The van der Waals surface area contributed by atoms with E-state index >= 15 is 0 Å². The summed E-state index contributed by atoms with van der Waals surface area (Å²) in [6, 6.07) is 4.39. The van der Waals surface area contributed by atoms with Crippen molar-refractivity contribution in [1.82, 2.24) is 0 Å². The van der Waals surface area contributed by atoms with Crippen LogP contribution in [0.5, 0.6) is 5.75 Å². The molecule has 6 heteroatoms. The number of anilines is 1. The molecule has 17 heavy (non-hydrogen) atoms. The number of hydrogen-bond donors (Lipinski definition) is 1. The third-order valence-electron chi connectivity index (χ3n) is 2.25. The first kappa shape index (κ1) is 11.6. The molecule has 1 aromatic carbocycles. The van der Waals surface area contributed by atoms with Gasteiger partial charge in [0.1, 0.15) is 5.75 Å². The van der Waals surface area contributed by atoms with Crippen molar-refractivity contribution in [2.45, 2.75) is 0 Å². The Hall–Kier alpha value is -1.88. The first-order valence-corrected chi connectivity index (χ1v) is 5.35. The minimum Gasteiger partial charge on any atom is -0.482 e. The number of ether oxygens (including phenoxy) is 1. The Bertz CT molecular complexity index is 512. The third kappa shape index (κ3) is 2.29. The van der Waals surface area contributed by atoms with Crippen LogP contribution in [0.1, 0.15) is 10.4 Å². The van der Waals surface area contributed by atoms with Crippen LogP contribution in [0.15, 0.2) is 18.2 Å². The summed E-state index contributed by atoms with van der Waals surface area (Å²) in [6.45, 7) is -0.0547. The van der Waals surface area contributed by atoms with E-state index in [0.717, 1.165) is 0 Å². The van der Waals surface area contributed by atoms with Gasteiger partial charge in [-0.05, 0) is 18.2 Å². The molecule has 5 nitrogen and oxygen atoms in total. The first-order valence-electron chi connectivity index (χ1n) is 4.82. The average Bonchev–Trinajstić information content (AvgIpc) is 2.36. The summed E-state index contributed by atoms with van der Waals surface area (Å²) in [5.74, 6) is -1.55. The number of fused-ring (bicyclic) bond motifs is 1. The fourth-order valence-electron chi connectivity index (χ4n) is 1.45. The van der Waals surface area contributed by atoms with Crippen molar-refractivity contribution in [3.8, 4) is 5.75 Å². The van der Waals surface area contributed by atoms with Crippen molar-refractivity contribution in [3.05, 3.63) is 23.8 Å². The summed E-state index contributed by atoms with van der Waals surface area (Å²) in [4.78, 5) is 33.8. The van der Waals surface area contributed by atoms with Crippen LogP contribution in [0.2, 0.25) is 0 Å². The van der Waals surface area contributed by atoms with Gasteiger partial charge in [-0.3, -0.25) is 14.4 Å². The number of carbonyl (C=O) groups excluding carboxylic acids is 3. The molecule has 1 aliphatic heterocycles. The SMILES string of the molecule is O=C1COc2ccc(C(=O)C(=O)CCl)cc2N1. The highest BCUT2D eigenvalue weighted by molar-refractivity contribution is 6.51. The summed E-state index contributed by atoms with van der Waals surface area (Å²) >= 11 is 5.30. The quantitative estimate of drug-likeness (QED) is 0.496. The molecule has 1 amide bonds. The van der Waals surface area contributed by atoms with Crippen LogP contribution in [0.4, 0.5) is 5.69 Å². The Kier molecular flexibility index (Phi) is 3.10. The minimum atomic E-state index is -0.685. The highest BCUT2D eigenvalue weighted by atomic mass is 35.5. The number of hydrogen-bond acceptors (Lipinski definition) is 4. The zero-order valence-corrected chi connectivity index (χ0v) is 9.41. The van der Waals surface area contributed by atoms with E-state index in [1.807, 2.05) is 0 Å². The van der Waals surface area contributed by atoms with Gasteiger partial charge in [-0.1, -0.05) is 0 Å². The zero-order valence-electron chi connectivity index (χ0n) is 8.66. The monoisotopic (exact) mass is 253 g/mol. The predicted octanol–water partition coefficient (Wildman–Crippen LogP) is 1.01. The normalized spacial score (nSPS) is 13.4. The molecule has 1 heterocycles. The topological polar surface area (TPSA) is 72.5 Å². The molecule has 0 spiro atoms. The molecule has 0 bridgehead atoms. The first-order chi connectivity index (χ1) is 8.11. The van der Waals surface area contributed by atoms with E-state index in [9.17, 15) is 14.4 Å². The number of benzene rings is 1. The molecule has 0 fully saturated rings. The molecule has 88 valence electrons. The number of nitrogens with one attached hydrogen (secondary N) is 1. The maximum atomic E-state index is 11.6. The molecule has 0 radical (unpaired) electrons. The molecule has 1 N–H and O–H groups in total. The molecule has 0 unspecified atom stereocenters. The number of alkyl halides is 1. The van der Waals surface area contributed by atoms with Gasteiger partial charge in [0.05, 0.1) is 11.6 Å². The highest BCUT2D eigenvalue weighted by Crippen LogP contribution is 2.28. The van der Waals surface area contributed by atoms with E-state index in [4.69, 9.17) is 16.3 Å². The van der Waals surface area contributed by atoms with Crippen LogP contribution in [0.3, 0.4) is 0 Å². The fraction of sp³-hybridized carbons (Fsp3) is 0.182. The molecular weight excluding hydrogens is 246 g/mol. The van der Waals surface area contributed by atoms with Gasteiger partial charge in [0.15, 0.2) is 6.61 Å². The lowest BCUT2D eigenvalue weighted by molar-refractivity contribution is -0.118. The number of halogens is 1. The van der Waals surface area contributed by atoms with Crippen LogP contribution >= 0.6 is 11.6 Å². The average molecular weight is 254 g/mol. The van der Waals surface area contributed by atoms with Gasteiger partial charge in [0.2, 0.25) is 11.6 Å². The Labute approximate surface area is 102 Å². The van der Waals surface area contributed by atoms with Gasteiger partial charge in [-0.15, -0.1) is 11.6 Å². The Morgan fingerprint density at radius 2 is 2.18 bits per heavy atom. The van der Waals surface area contributed by atoms with Crippen molar-refractivity contribution in [3.63, 3.8) is 0 Å². The summed E-state index contributed by atoms with van der Waals surface area (Å²) in [6.07, 6.45) is 0. The molecule has 0 aliphatic carbocycles. The van der Waals surface area contributed by atoms with E-state index in [1.54, 1.807) is 0 Å². The van der Waals surface area contributed by atoms with Gasteiger partial charge in [0.25, 0.3) is 5.91 Å². The largest absolute Gasteiger partial charge is 0.482 e. The van der Waals surface area contributed by atoms with Crippen LogP contribution in [0, 0.1) is 0 Å². The van der Waals surface area contributed by atoms with Crippen LogP contribution in [0.25, 0.3) is 0 Å². The molecule has 0 atom stereocenters. The maximum Gasteiger partial charge on any atom is 0.262 e. The summed E-state index contributed by atoms with van der Waals surface area (Å²) < 4.78 is 5.12. The van der Waals surface area contributed by atoms with Crippen molar-refractivity contribution in [2.75, 3.05) is 17.8 Å². The van der Waals surface area contributed by atoms with Crippen LogP contribution < -0.4 is 10.1 Å². The van der Waals surface area contributed by atoms with Gasteiger partial charge in [-0.2, -0.15) is 0 Å². The second kappa shape index (κ2) is 4.55. The Morgan fingerprint density at radius 1 is 1.41 bits per heavy atom. The van der Waals surface area contributed by atoms with Gasteiger partial charge in [-0.25, -0.2) is 0 Å². The molecule has 0 saturated carbocycles. The van der Waals surface area contributed by atoms with Crippen molar-refractivity contribution >= 4 is 34.8 Å². The molecule has 1 aromatic rings. The van der Waals surface area contributed by atoms with Crippen molar-refractivity contribution in [1.29, 1.82) is 0 Å². The molecule has 2 rings (SSSR count). The van der Waals surface area contributed by atoms with Crippen molar-refractivity contribution < 1.29 is 19.1 Å². The summed E-state index contributed by atoms with van der Waals surface area (Å²) in [5, 5.41) is 2.55. The van der Waals surface area contributed by atoms with E-state index in [1.165, 1.54) is 18.2 Å². The zero-order chi connectivity index (χ0) is 12.4. The second-order valence-corrected chi connectivity index (χ2v) is 3.70. The molecule has 1 aliphatic rings. The maximum absolute atomic E-state index is 11.6. The second-order valence-electron chi connectivity index (χ2n) is 3.43. The van der Waals surface area contributed by atoms with Gasteiger partial charge >= 0.3 is 0 Å². The van der Waals surface area contributed by atoms with E-state index in [-0.39, 0.29) is 24.0 Å². The third-order valence-corrected chi connectivity index (χ3v) is 2.49. The molecular formula is C11H8ClNO4. The highest BCUT2D eigenvalue weighted by Gasteiger charge is 2.20. The van der Waals surface area contributed by atoms with Crippen molar-refractivity contribution in [2.24, 2.45) is 0 Å². The number of rotatable bonds is 3. The number of ketones is 2. The Morgan fingerprint density at radius 3 is 2.88 bits per heavy atom. The van der Waals surface area contributed by atoms with Gasteiger partial charge < -0.3 is 10.1 Å². The van der Waals surface area contributed by atoms with Crippen LogP contribution in [-0.2, 0) is 9.59 Å². The fourth-order valence-corrected chi connectivity index (χ4v) is 1.57. The van der Waals surface area contributed by atoms with E-state index in [2.05, 4.69) is 5.32 Å². The molecule has 0 aromatic heterocycles. The summed E-state index contributed by atoms with van der Waals surface area (Å²) in [5.41, 5.74) is 0.565.